The van der Waals surface area contributed by atoms with Crippen LogP contribution in [0.5, 0.6) is 0 Å². The summed E-state index contributed by atoms with van der Waals surface area (Å²) in [5, 5.41) is 3.36. The van der Waals surface area contributed by atoms with Crippen LogP contribution in [-0.2, 0) is 12.2 Å². The highest BCUT2D eigenvalue weighted by Gasteiger charge is 2.01. The van der Waals surface area contributed by atoms with Crippen molar-refractivity contribution in [2.45, 2.75) is 24.0 Å². The molecule has 0 atom stereocenters. The van der Waals surface area contributed by atoms with Crippen LogP contribution in [0.3, 0.4) is 0 Å². The third-order valence-corrected chi connectivity index (χ3v) is 4.26. The normalized spacial score (nSPS) is 10.6. The van der Waals surface area contributed by atoms with Crippen LogP contribution in [0.1, 0.15) is 17.6 Å². The maximum Gasteiger partial charge on any atom is 0.0925 e. The number of nitrogen functional groups attached to an aromatic ring is 1. The molecule has 2 aromatic rings. The molecular formula is C12H14N2S2. The number of aromatic nitrogens is 1. The molecule has 0 saturated heterocycles. The number of thioether (sulfide) groups is 1. The van der Waals surface area contributed by atoms with Crippen molar-refractivity contribution >= 4 is 28.8 Å². The molecule has 2 nitrogen and oxygen atoms in total. The van der Waals surface area contributed by atoms with Gasteiger partial charge >= 0.3 is 0 Å². The van der Waals surface area contributed by atoms with Gasteiger partial charge in [-0.25, -0.2) is 4.98 Å². The fourth-order valence-electron chi connectivity index (χ4n) is 1.30. The van der Waals surface area contributed by atoms with Crippen LogP contribution in [0, 0.1) is 0 Å². The van der Waals surface area contributed by atoms with Gasteiger partial charge < -0.3 is 5.73 Å². The van der Waals surface area contributed by atoms with Gasteiger partial charge in [-0.2, -0.15) is 0 Å². The first kappa shape index (κ1) is 11.5. The van der Waals surface area contributed by atoms with Crippen molar-refractivity contribution in [3.8, 4) is 0 Å². The van der Waals surface area contributed by atoms with Crippen molar-refractivity contribution in [2.75, 3.05) is 5.73 Å². The predicted octanol–water partition coefficient (Wildman–Crippen LogP) is 3.58. The van der Waals surface area contributed by atoms with E-state index in [0.717, 1.165) is 17.9 Å². The van der Waals surface area contributed by atoms with Crippen LogP contribution in [0.25, 0.3) is 0 Å². The molecule has 1 aromatic heterocycles. The van der Waals surface area contributed by atoms with E-state index in [-0.39, 0.29) is 0 Å². The molecule has 0 saturated carbocycles. The smallest absolute Gasteiger partial charge is 0.0925 e. The molecule has 2 rings (SSSR count). The maximum absolute atomic E-state index is 5.64. The van der Waals surface area contributed by atoms with Crippen LogP contribution in [0.4, 0.5) is 5.69 Å². The van der Waals surface area contributed by atoms with E-state index in [9.17, 15) is 0 Å². The van der Waals surface area contributed by atoms with E-state index >= 15 is 0 Å². The van der Waals surface area contributed by atoms with Gasteiger partial charge in [0.2, 0.25) is 0 Å². The molecule has 16 heavy (non-hydrogen) atoms. The number of aryl methyl sites for hydroxylation is 1. The maximum atomic E-state index is 5.64. The monoisotopic (exact) mass is 250 g/mol. The third kappa shape index (κ3) is 3.00. The molecule has 0 aliphatic heterocycles. The number of hydrogen-bond donors (Lipinski definition) is 1. The first-order valence-electron chi connectivity index (χ1n) is 5.19. The number of nitrogens with zero attached hydrogens (tertiary/aromatic N) is 1. The molecule has 84 valence electrons. The summed E-state index contributed by atoms with van der Waals surface area (Å²) in [6, 6.07) is 7.96. The molecule has 0 spiro atoms. The van der Waals surface area contributed by atoms with E-state index in [1.54, 1.807) is 23.1 Å². The zero-order chi connectivity index (χ0) is 11.4. The summed E-state index contributed by atoms with van der Waals surface area (Å²) >= 11 is 3.54. The molecule has 0 fully saturated rings. The summed E-state index contributed by atoms with van der Waals surface area (Å²) in [4.78, 5) is 5.77. The highest BCUT2D eigenvalue weighted by atomic mass is 32.2. The van der Waals surface area contributed by atoms with Crippen LogP contribution in [0.15, 0.2) is 34.5 Å². The standard InChI is InChI=1S/C12H14N2S2/c1-2-12-14-10(8-16-12)7-15-11-5-3-9(13)4-6-11/h3-6,8H,2,7,13H2,1H3. The molecule has 0 aliphatic carbocycles. The topological polar surface area (TPSA) is 38.9 Å². The molecular weight excluding hydrogens is 236 g/mol. The molecule has 0 aliphatic rings. The predicted molar refractivity (Wildman–Crippen MR) is 71.9 cm³/mol. The molecule has 0 unspecified atom stereocenters. The third-order valence-electron chi connectivity index (χ3n) is 2.17. The average Bonchev–Trinajstić information content (AvgIpc) is 2.76. The minimum Gasteiger partial charge on any atom is -0.399 e. The molecule has 2 N–H and O–H groups in total. The molecule has 1 aromatic carbocycles. The van der Waals surface area contributed by atoms with Gasteiger partial charge in [-0.05, 0) is 30.7 Å². The second-order valence-corrected chi connectivity index (χ2v) is 5.44. The van der Waals surface area contributed by atoms with Crippen molar-refractivity contribution in [3.05, 3.63) is 40.3 Å². The van der Waals surface area contributed by atoms with Crippen molar-refractivity contribution in [1.29, 1.82) is 0 Å². The zero-order valence-electron chi connectivity index (χ0n) is 9.14. The minimum atomic E-state index is 0.811. The van der Waals surface area contributed by atoms with Crippen molar-refractivity contribution < 1.29 is 0 Å². The molecule has 0 bridgehead atoms. The van der Waals surface area contributed by atoms with Crippen LogP contribution < -0.4 is 5.73 Å². The Morgan fingerprint density at radius 1 is 1.31 bits per heavy atom. The van der Waals surface area contributed by atoms with E-state index in [0.29, 0.717) is 0 Å². The van der Waals surface area contributed by atoms with E-state index in [4.69, 9.17) is 5.73 Å². The minimum absolute atomic E-state index is 0.811. The summed E-state index contributed by atoms with van der Waals surface area (Å²) in [6.07, 6.45) is 1.03. The number of benzene rings is 1. The lowest BCUT2D eigenvalue weighted by atomic mass is 10.3. The first-order chi connectivity index (χ1) is 7.78. The Morgan fingerprint density at radius 2 is 2.06 bits per heavy atom. The van der Waals surface area contributed by atoms with Crippen LogP contribution >= 0.6 is 23.1 Å². The SMILES string of the molecule is CCc1nc(CSc2ccc(N)cc2)cs1. The summed E-state index contributed by atoms with van der Waals surface area (Å²) in [5.41, 5.74) is 7.62. The zero-order valence-corrected chi connectivity index (χ0v) is 10.8. The Kier molecular flexibility index (Phi) is 3.85. The second kappa shape index (κ2) is 5.37. The van der Waals surface area contributed by atoms with Crippen LogP contribution in [0.2, 0.25) is 0 Å². The Morgan fingerprint density at radius 3 is 2.69 bits per heavy atom. The van der Waals surface area contributed by atoms with Crippen molar-refractivity contribution in [2.24, 2.45) is 0 Å². The largest absolute Gasteiger partial charge is 0.399 e. The number of anilines is 1. The van der Waals surface area contributed by atoms with Gasteiger partial charge in [0.15, 0.2) is 0 Å². The van der Waals surface area contributed by atoms with E-state index in [1.807, 2.05) is 24.3 Å². The van der Waals surface area contributed by atoms with Crippen molar-refractivity contribution in [3.63, 3.8) is 0 Å². The Bertz CT molecular complexity index is 448. The van der Waals surface area contributed by atoms with E-state index < -0.39 is 0 Å². The average molecular weight is 250 g/mol. The molecule has 0 amide bonds. The van der Waals surface area contributed by atoms with Crippen molar-refractivity contribution in [1.82, 2.24) is 4.98 Å². The van der Waals surface area contributed by atoms with Crippen LogP contribution in [-0.4, -0.2) is 4.98 Å². The van der Waals surface area contributed by atoms with E-state index in [2.05, 4.69) is 17.3 Å². The lowest BCUT2D eigenvalue weighted by Crippen LogP contribution is -1.84. The number of rotatable bonds is 4. The van der Waals surface area contributed by atoms with Gasteiger partial charge in [0.05, 0.1) is 10.7 Å². The van der Waals surface area contributed by atoms with Gasteiger partial charge in [0.1, 0.15) is 0 Å². The molecule has 4 heteroatoms. The highest BCUT2D eigenvalue weighted by Crippen LogP contribution is 2.24. The molecule has 1 heterocycles. The number of nitrogens with two attached hydrogens (primary N) is 1. The summed E-state index contributed by atoms with van der Waals surface area (Å²) in [7, 11) is 0. The summed E-state index contributed by atoms with van der Waals surface area (Å²) in [5.74, 6) is 0.931. The first-order valence-corrected chi connectivity index (χ1v) is 7.06. The second-order valence-electron chi connectivity index (χ2n) is 3.44. The van der Waals surface area contributed by atoms with E-state index in [1.165, 1.54) is 15.6 Å². The fraction of sp³-hybridized carbons (Fsp3) is 0.250. The summed E-state index contributed by atoms with van der Waals surface area (Å²) < 4.78 is 0. The Balaban J connectivity index is 1.94. The van der Waals surface area contributed by atoms with Gasteiger partial charge in [0.25, 0.3) is 0 Å². The Hall–Kier alpha value is -1.00. The Labute approximate surface area is 104 Å². The number of thiazole rings is 1. The lowest BCUT2D eigenvalue weighted by molar-refractivity contribution is 1.06. The highest BCUT2D eigenvalue weighted by molar-refractivity contribution is 7.98. The quantitative estimate of drug-likeness (QED) is 0.666. The van der Waals surface area contributed by atoms with Gasteiger partial charge in [-0.15, -0.1) is 23.1 Å². The lowest BCUT2D eigenvalue weighted by Gasteiger charge is -1.99. The molecule has 0 radical (unpaired) electrons. The number of hydrogen-bond acceptors (Lipinski definition) is 4. The van der Waals surface area contributed by atoms with Gasteiger partial charge in [-0.1, -0.05) is 6.92 Å². The summed E-state index contributed by atoms with van der Waals surface area (Å²) in [6.45, 7) is 2.13. The van der Waals surface area contributed by atoms with Gasteiger partial charge in [-0.3, -0.25) is 0 Å². The van der Waals surface area contributed by atoms with Gasteiger partial charge in [0, 0.05) is 21.7 Å². The fourth-order valence-corrected chi connectivity index (χ4v) is 2.94.